The van der Waals surface area contributed by atoms with Gasteiger partial charge >= 0.3 is 5.97 Å². The number of hydrogen-bond donors (Lipinski definition) is 0. The van der Waals surface area contributed by atoms with Gasteiger partial charge in [0.05, 0.1) is 5.92 Å². The molecule has 2 aromatic rings. The van der Waals surface area contributed by atoms with E-state index in [1.54, 1.807) is 6.20 Å². The van der Waals surface area contributed by atoms with Gasteiger partial charge in [-0.25, -0.2) is 4.98 Å². The molecule has 0 saturated heterocycles. The van der Waals surface area contributed by atoms with Gasteiger partial charge in [-0.2, -0.15) is 0 Å². The Hall–Kier alpha value is -2.21. The van der Waals surface area contributed by atoms with Gasteiger partial charge in [0, 0.05) is 28.5 Å². The van der Waals surface area contributed by atoms with Gasteiger partial charge in [0.2, 0.25) is 5.78 Å². The first-order valence-electron chi connectivity index (χ1n) is 8.01. The summed E-state index contributed by atoms with van der Waals surface area (Å²) in [4.78, 5) is 28.8. The van der Waals surface area contributed by atoms with Gasteiger partial charge in [-0.15, -0.1) is 11.3 Å². The number of rotatable bonds is 5. The molecule has 0 N–H and O–H groups in total. The molecule has 0 aliphatic heterocycles. The van der Waals surface area contributed by atoms with Crippen molar-refractivity contribution in [3.8, 4) is 5.13 Å². The zero-order valence-corrected chi connectivity index (χ0v) is 14.6. The number of thiazole rings is 1. The Morgan fingerprint density at radius 2 is 2.21 bits per heavy atom. The van der Waals surface area contributed by atoms with E-state index in [1.807, 2.05) is 35.9 Å². The van der Waals surface area contributed by atoms with E-state index in [-0.39, 0.29) is 24.3 Å². The van der Waals surface area contributed by atoms with Crippen molar-refractivity contribution in [1.82, 2.24) is 9.55 Å². The van der Waals surface area contributed by atoms with Crippen LogP contribution in [0.4, 0.5) is 0 Å². The number of ketones is 1. The fourth-order valence-corrected chi connectivity index (χ4v) is 3.76. The number of aromatic nitrogens is 2. The van der Waals surface area contributed by atoms with Crippen LogP contribution < -0.4 is 0 Å². The maximum absolute atomic E-state index is 12.5. The second-order valence-corrected chi connectivity index (χ2v) is 6.82. The van der Waals surface area contributed by atoms with Gasteiger partial charge in [0.1, 0.15) is 0 Å². The molecule has 6 heteroatoms. The molecule has 2 aromatic heterocycles. The Morgan fingerprint density at radius 3 is 2.88 bits per heavy atom. The van der Waals surface area contributed by atoms with Gasteiger partial charge in [-0.3, -0.25) is 14.2 Å². The van der Waals surface area contributed by atoms with Crippen LogP contribution in [0.5, 0.6) is 0 Å². The maximum atomic E-state index is 12.5. The highest BCUT2D eigenvalue weighted by Gasteiger charge is 2.23. The van der Waals surface area contributed by atoms with E-state index in [9.17, 15) is 9.59 Å². The van der Waals surface area contributed by atoms with Gasteiger partial charge in [-0.1, -0.05) is 12.2 Å². The lowest BCUT2D eigenvalue weighted by atomic mass is 9.95. The van der Waals surface area contributed by atoms with Crippen LogP contribution in [-0.2, 0) is 9.53 Å². The van der Waals surface area contributed by atoms with Crippen LogP contribution in [-0.4, -0.2) is 27.9 Å². The molecule has 24 heavy (non-hydrogen) atoms. The molecule has 3 rings (SSSR count). The summed E-state index contributed by atoms with van der Waals surface area (Å²) in [7, 11) is 0. The second kappa shape index (κ2) is 7.13. The number of hydrogen-bond acceptors (Lipinski definition) is 5. The third-order valence-electron chi connectivity index (χ3n) is 4.29. The van der Waals surface area contributed by atoms with Crippen LogP contribution in [0, 0.1) is 19.8 Å². The zero-order chi connectivity index (χ0) is 17.1. The lowest BCUT2D eigenvalue weighted by Gasteiger charge is -2.16. The first-order chi connectivity index (χ1) is 11.6. The van der Waals surface area contributed by atoms with Crippen molar-refractivity contribution in [2.75, 3.05) is 6.61 Å². The van der Waals surface area contributed by atoms with E-state index in [0.29, 0.717) is 12.0 Å². The van der Waals surface area contributed by atoms with E-state index in [4.69, 9.17) is 4.74 Å². The third-order valence-corrected chi connectivity index (χ3v) is 5.05. The average molecular weight is 344 g/mol. The molecule has 5 nitrogen and oxygen atoms in total. The minimum Gasteiger partial charge on any atom is -0.457 e. The average Bonchev–Trinajstić information content (AvgIpc) is 3.21. The molecule has 0 aromatic carbocycles. The fourth-order valence-electron chi connectivity index (χ4n) is 3.01. The Morgan fingerprint density at radius 1 is 1.38 bits per heavy atom. The quantitative estimate of drug-likeness (QED) is 0.472. The molecule has 0 radical (unpaired) electrons. The molecule has 0 fully saturated rings. The smallest absolute Gasteiger partial charge is 0.309 e. The van der Waals surface area contributed by atoms with Gasteiger partial charge in [0.15, 0.2) is 11.7 Å². The van der Waals surface area contributed by atoms with E-state index in [0.717, 1.165) is 29.4 Å². The maximum Gasteiger partial charge on any atom is 0.309 e. The summed E-state index contributed by atoms with van der Waals surface area (Å²) in [6.07, 6.45) is 8.19. The Labute approximate surface area is 145 Å². The summed E-state index contributed by atoms with van der Waals surface area (Å²) >= 11 is 1.52. The van der Waals surface area contributed by atoms with E-state index >= 15 is 0 Å². The Bertz CT molecular complexity index is 775. The minimum absolute atomic E-state index is 0.120. The van der Waals surface area contributed by atoms with Crippen molar-refractivity contribution in [3.05, 3.63) is 46.7 Å². The lowest BCUT2D eigenvalue weighted by Crippen LogP contribution is -2.22. The summed E-state index contributed by atoms with van der Waals surface area (Å²) in [5.74, 6) is -0.572. The van der Waals surface area contributed by atoms with Gasteiger partial charge < -0.3 is 4.74 Å². The molecule has 0 saturated carbocycles. The molecular formula is C18H20N2O3S. The molecule has 1 atom stereocenters. The molecule has 1 aliphatic rings. The van der Waals surface area contributed by atoms with Gasteiger partial charge in [0.25, 0.3) is 0 Å². The molecule has 0 spiro atoms. The molecule has 2 heterocycles. The van der Waals surface area contributed by atoms with Gasteiger partial charge in [-0.05, 0) is 39.2 Å². The summed E-state index contributed by atoms with van der Waals surface area (Å²) in [6.45, 7) is 3.61. The van der Waals surface area contributed by atoms with Crippen molar-refractivity contribution >= 4 is 23.1 Å². The topological polar surface area (TPSA) is 61.2 Å². The first-order valence-corrected chi connectivity index (χ1v) is 8.89. The minimum atomic E-state index is -0.276. The highest BCUT2D eigenvalue weighted by atomic mass is 32.1. The molecule has 1 aliphatic carbocycles. The van der Waals surface area contributed by atoms with Crippen molar-refractivity contribution < 1.29 is 14.3 Å². The summed E-state index contributed by atoms with van der Waals surface area (Å²) in [5.41, 5.74) is 2.35. The van der Waals surface area contributed by atoms with Crippen LogP contribution in [0.15, 0.2) is 29.8 Å². The van der Waals surface area contributed by atoms with Crippen LogP contribution in [0.1, 0.15) is 41.0 Å². The fraction of sp³-hybridized carbons (Fsp3) is 0.389. The van der Waals surface area contributed by atoms with Crippen molar-refractivity contribution in [3.63, 3.8) is 0 Å². The molecule has 0 unspecified atom stereocenters. The summed E-state index contributed by atoms with van der Waals surface area (Å²) < 4.78 is 7.20. The van der Waals surface area contributed by atoms with Crippen LogP contribution in [0.3, 0.4) is 0 Å². The predicted molar refractivity (Wildman–Crippen MR) is 92.7 cm³/mol. The summed E-state index contributed by atoms with van der Waals surface area (Å²) in [5, 5.41) is 2.73. The number of Topliss-reactive ketones (excluding diaryl/α,β-unsaturated/α-hetero) is 1. The van der Waals surface area contributed by atoms with Crippen molar-refractivity contribution in [2.45, 2.75) is 33.1 Å². The van der Waals surface area contributed by atoms with Crippen LogP contribution in [0.2, 0.25) is 0 Å². The molecular weight excluding hydrogens is 324 g/mol. The monoisotopic (exact) mass is 344 g/mol. The molecule has 0 amide bonds. The van der Waals surface area contributed by atoms with E-state index < -0.39 is 0 Å². The highest BCUT2D eigenvalue weighted by Crippen LogP contribution is 2.23. The number of esters is 1. The largest absolute Gasteiger partial charge is 0.457 e. The standard InChI is InChI=1S/C18H20N2O3S/c1-12-10-15(13(2)20(12)18-19-8-9-24-18)16(21)11-23-17(22)14-6-4-3-5-7-14/h3-4,8-10,14H,5-7,11H2,1-2H3/t14-/m0/s1. The van der Waals surface area contributed by atoms with E-state index in [2.05, 4.69) is 11.1 Å². The third kappa shape index (κ3) is 3.33. The zero-order valence-electron chi connectivity index (χ0n) is 13.8. The highest BCUT2D eigenvalue weighted by molar-refractivity contribution is 7.12. The summed E-state index contributed by atoms with van der Waals surface area (Å²) in [6, 6.07) is 1.83. The molecule has 126 valence electrons. The Kier molecular flexibility index (Phi) is 4.94. The lowest BCUT2D eigenvalue weighted by molar-refractivity contribution is -0.147. The molecule has 0 bridgehead atoms. The van der Waals surface area contributed by atoms with Crippen molar-refractivity contribution in [1.29, 1.82) is 0 Å². The van der Waals surface area contributed by atoms with Crippen LogP contribution >= 0.6 is 11.3 Å². The first kappa shape index (κ1) is 16.6. The Balaban J connectivity index is 1.68. The number of carbonyl (C=O) groups is 2. The SMILES string of the molecule is Cc1cc(C(=O)COC(=O)[C@H]2CC=CCC2)c(C)n1-c1nccs1. The van der Waals surface area contributed by atoms with Crippen molar-refractivity contribution in [2.24, 2.45) is 5.92 Å². The number of aryl methyl sites for hydroxylation is 1. The number of ether oxygens (including phenoxy) is 1. The second-order valence-electron chi connectivity index (χ2n) is 5.95. The number of allylic oxidation sites excluding steroid dienone is 2. The predicted octanol–water partition coefficient (Wildman–Crippen LogP) is 3.63. The van der Waals surface area contributed by atoms with E-state index in [1.165, 1.54) is 11.3 Å². The number of nitrogens with zero attached hydrogens (tertiary/aromatic N) is 2. The number of carbonyl (C=O) groups excluding carboxylic acids is 2. The normalized spacial score (nSPS) is 17.0. The van der Waals surface area contributed by atoms with Crippen LogP contribution in [0.25, 0.3) is 5.13 Å².